The molecule has 0 aliphatic heterocycles. The molecule has 0 atom stereocenters. The first-order valence-corrected chi connectivity index (χ1v) is 5.48. The van der Waals surface area contributed by atoms with Crippen molar-refractivity contribution in [1.29, 1.82) is 0 Å². The van der Waals surface area contributed by atoms with Crippen LogP contribution in [0.25, 0.3) is 0 Å². The summed E-state index contributed by atoms with van der Waals surface area (Å²) in [5.74, 6) is 0.995. The molecule has 0 bridgehead atoms. The van der Waals surface area contributed by atoms with Crippen LogP contribution in [0.2, 0.25) is 0 Å². The third kappa shape index (κ3) is 2.39. The zero-order valence-corrected chi connectivity index (χ0v) is 10.2. The molecule has 0 radical (unpaired) electrons. The Morgan fingerprint density at radius 3 is 2.47 bits per heavy atom. The molecular formula is C11H12BrN3. The van der Waals surface area contributed by atoms with Gasteiger partial charge in [0.05, 0.1) is 5.69 Å². The molecule has 1 aromatic heterocycles. The number of anilines is 2. The van der Waals surface area contributed by atoms with Gasteiger partial charge in [-0.1, -0.05) is 15.9 Å². The van der Waals surface area contributed by atoms with Crippen molar-refractivity contribution in [2.45, 2.75) is 6.92 Å². The molecule has 1 N–H and O–H groups in total. The van der Waals surface area contributed by atoms with E-state index >= 15 is 0 Å². The van der Waals surface area contributed by atoms with Crippen molar-refractivity contribution >= 4 is 27.4 Å². The minimum atomic E-state index is 0.995. The van der Waals surface area contributed by atoms with Crippen LogP contribution in [-0.4, -0.2) is 9.78 Å². The predicted octanol–water partition coefficient (Wildman–Crippen LogP) is 3.23. The first-order chi connectivity index (χ1) is 7.15. The highest BCUT2D eigenvalue weighted by Crippen LogP contribution is 2.19. The van der Waals surface area contributed by atoms with E-state index < -0.39 is 0 Å². The summed E-state index contributed by atoms with van der Waals surface area (Å²) in [6, 6.07) is 10.1. The second kappa shape index (κ2) is 4.06. The lowest BCUT2D eigenvalue weighted by Crippen LogP contribution is -1.98. The summed E-state index contributed by atoms with van der Waals surface area (Å²) in [5.41, 5.74) is 2.07. The number of rotatable bonds is 2. The van der Waals surface area contributed by atoms with Gasteiger partial charge in [0.25, 0.3) is 0 Å². The maximum absolute atomic E-state index is 4.27. The molecule has 3 nitrogen and oxygen atoms in total. The van der Waals surface area contributed by atoms with E-state index in [-0.39, 0.29) is 0 Å². The van der Waals surface area contributed by atoms with Gasteiger partial charge in [0.2, 0.25) is 0 Å². The number of hydrogen-bond acceptors (Lipinski definition) is 2. The first kappa shape index (κ1) is 10.2. The molecule has 0 fully saturated rings. The lowest BCUT2D eigenvalue weighted by molar-refractivity contribution is 0.765. The van der Waals surface area contributed by atoms with Crippen molar-refractivity contribution in [2.75, 3.05) is 5.32 Å². The van der Waals surface area contributed by atoms with E-state index in [0.29, 0.717) is 0 Å². The van der Waals surface area contributed by atoms with Gasteiger partial charge in [0, 0.05) is 23.3 Å². The fraction of sp³-hybridized carbons (Fsp3) is 0.182. The topological polar surface area (TPSA) is 29.9 Å². The minimum Gasteiger partial charge on any atom is -0.340 e. The van der Waals surface area contributed by atoms with Crippen LogP contribution in [0.1, 0.15) is 5.69 Å². The lowest BCUT2D eigenvalue weighted by Gasteiger charge is -2.05. The highest BCUT2D eigenvalue weighted by Gasteiger charge is 2.01. The van der Waals surface area contributed by atoms with Gasteiger partial charge in [0.1, 0.15) is 5.82 Å². The smallest absolute Gasteiger partial charge is 0.128 e. The lowest BCUT2D eigenvalue weighted by atomic mass is 10.3. The Bertz CT molecular complexity index is 459. The summed E-state index contributed by atoms with van der Waals surface area (Å²) in [6.07, 6.45) is 0. The van der Waals surface area contributed by atoms with Crippen LogP contribution in [0.4, 0.5) is 11.5 Å². The van der Waals surface area contributed by atoms with Crippen molar-refractivity contribution in [2.24, 2.45) is 7.05 Å². The van der Waals surface area contributed by atoms with Crippen molar-refractivity contribution in [1.82, 2.24) is 9.78 Å². The predicted molar refractivity (Wildman–Crippen MR) is 65.4 cm³/mol. The second-order valence-corrected chi connectivity index (χ2v) is 4.34. The fourth-order valence-corrected chi connectivity index (χ4v) is 1.67. The fourth-order valence-electron chi connectivity index (χ4n) is 1.41. The molecule has 4 heteroatoms. The van der Waals surface area contributed by atoms with Crippen molar-refractivity contribution in [3.8, 4) is 0 Å². The Balaban J connectivity index is 2.21. The summed E-state index contributed by atoms with van der Waals surface area (Å²) < 4.78 is 2.91. The van der Waals surface area contributed by atoms with E-state index in [1.807, 2.05) is 49.0 Å². The van der Waals surface area contributed by atoms with Gasteiger partial charge in [-0.25, -0.2) is 0 Å². The zero-order valence-electron chi connectivity index (χ0n) is 8.66. The third-order valence-corrected chi connectivity index (χ3v) is 2.65. The van der Waals surface area contributed by atoms with E-state index in [4.69, 9.17) is 0 Å². The number of aryl methyl sites for hydroxylation is 2. The molecule has 2 rings (SSSR count). The zero-order chi connectivity index (χ0) is 10.8. The van der Waals surface area contributed by atoms with Gasteiger partial charge in [-0.05, 0) is 31.2 Å². The quantitative estimate of drug-likeness (QED) is 0.904. The minimum absolute atomic E-state index is 0.995. The average molecular weight is 266 g/mol. The monoisotopic (exact) mass is 265 g/mol. The molecule has 0 saturated heterocycles. The highest BCUT2D eigenvalue weighted by molar-refractivity contribution is 9.10. The molecule has 2 aromatic rings. The van der Waals surface area contributed by atoms with Crippen LogP contribution in [0, 0.1) is 6.92 Å². The molecular weight excluding hydrogens is 254 g/mol. The van der Waals surface area contributed by atoms with Crippen LogP contribution in [0.5, 0.6) is 0 Å². The van der Waals surface area contributed by atoms with Crippen molar-refractivity contribution < 1.29 is 0 Å². The van der Waals surface area contributed by atoms with Gasteiger partial charge < -0.3 is 5.32 Å². The number of halogens is 1. The standard InChI is InChI=1S/C11H12BrN3/c1-8-7-11(15(2)14-8)13-10-5-3-9(12)4-6-10/h3-7,13H,1-2H3. The summed E-state index contributed by atoms with van der Waals surface area (Å²) >= 11 is 3.40. The van der Waals surface area contributed by atoms with Crippen LogP contribution in [0.3, 0.4) is 0 Å². The Kier molecular flexibility index (Phi) is 2.77. The Morgan fingerprint density at radius 1 is 1.27 bits per heavy atom. The van der Waals surface area contributed by atoms with Crippen LogP contribution < -0.4 is 5.32 Å². The number of hydrogen-bond donors (Lipinski definition) is 1. The van der Waals surface area contributed by atoms with E-state index in [1.165, 1.54) is 0 Å². The largest absolute Gasteiger partial charge is 0.340 e. The number of nitrogens with zero attached hydrogens (tertiary/aromatic N) is 2. The van der Waals surface area contributed by atoms with Gasteiger partial charge >= 0.3 is 0 Å². The normalized spacial score (nSPS) is 10.3. The summed E-state index contributed by atoms with van der Waals surface area (Å²) in [5, 5.41) is 7.57. The van der Waals surface area contributed by atoms with E-state index in [0.717, 1.165) is 21.7 Å². The number of nitrogens with one attached hydrogen (secondary N) is 1. The maximum atomic E-state index is 4.27. The van der Waals surface area contributed by atoms with Crippen molar-refractivity contribution in [3.63, 3.8) is 0 Å². The van der Waals surface area contributed by atoms with Crippen LogP contribution in [0.15, 0.2) is 34.8 Å². The molecule has 15 heavy (non-hydrogen) atoms. The SMILES string of the molecule is Cc1cc(Nc2ccc(Br)cc2)n(C)n1. The van der Waals surface area contributed by atoms with E-state index in [2.05, 4.69) is 26.3 Å². The first-order valence-electron chi connectivity index (χ1n) is 4.68. The summed E-state index contributed by atoms with van der Waals surface area (Å²) in [6.45, 7) is 1.98. The Labute approximate surface area is 97.2 Å². The Hall–Kier alpha value is -1.29. The summed E-state index contributed by atoms with van der Waals surface area (Å²) in [4.78, 5) is 0. The van der Waals surface area contributed by atoms with Crippen LogP contribution >= 0.6 is 15.9 Å². The second-order valence-electron chi connectivity index (χ2n) is 3.43. The maximum Gasteiger partial charge on any atom is 0.128 e. The van der Waals surface area contributed by atoms with Gasteiger partial charge in [-0.2, -0.15) is 5.10 Å². The summed E-state index contributed by atoms with van der Waals surface area (Å²) in [7, 11) is 1.92. The molecule has 0 aliphatic rings. The third-order valence-electron chi connectivity index (χ3n) is 2.12. The highest BCUT2D eigenvalue weighted by atomic mass is 79.9. The van der Waals surface area contributed by atoms with Crippen molar-refractivity contribution in [3.05, 3.63) is 40.5 Å². The Morgan fingerprint density at radius 2 is 1.93 bits per heavy atom. The number of aromatic nitrogens is 2. The molecule has 0 saturated carbocycles. The van der Waals surface area contributed by atoms with Crippen LogP contribution in [-0.2, 0) is 7.05 Å². The molecule has 78 valence electrons. The van der Waals surface area contributed by atoms with E-state index in [9.17, 15) is 0 Å². The molecule has 0 spiro atoms. The molecule has 0 unspecified atom stereocenters. The molecule has 0 amide bonds. The molecule has 1 heterocycles. The molecule has 1 aromatic carbocycles. The average Bonchev–Trinajstić information content (AvgIpc) is 2.49. The number of benzene rings is 1. The molecule has 0 aliphatic carbocycles. The van der Waals surface area contributed by atoms with Gasteiger partial charge in [-0.3, -0.25) is 4.68 Å². The van der Waals surface area contributed by atoms with Gasteiger partial charge in [-0.15, -0.1) is 0 Å². The van der Waals surface area contributed by atoms with E-state index in [1.54, 1.807) is 0 Å². The van der Waals surface area contributed by atoms with Gasteiger partial charge in [0.15, 0.2) is 0 Å².